The Hall–Kier alpha value is -0.743. The summed E-state index contributed by atoms with van der Waals surface area (Å²) in [7, 11) is -2.12. The Balaban J connectivity index is 2.01. The molecule has 3 saturated carbocycles. The van der Waals surface area contributed by atoms with Crippen LogP contribution in [-0.4, -0.2) is 25.5 Å². The van der Waals surface area contributed by atoms with Crippen molar-refractivity contribution in [2.24, 2.45) is 11.3 Å². The minimum Gasteiger partial charge on any atom is -0.401 e. The van der Waals surface area contributed by atoms with Gasteiger partial charge in [0.05, 0.1) is 0 Å². The predicted octanol–water partition coefficient (Wildman–Crippen LogP) is 4.43. The summed E-state index contributed by atoms with van der Waals surface area (Å²) >= 11 is 0. The molecule has 0 amide bonds. The minimum atomic E-state index is -2.12. The van der Waals surface area contributed by atoms with E-state index in [9.17, 15) is 9.59 Å². The van der Waals surface area contributed by atoms with Crippen molar-refractivity contribution in [3.8, 4) is 0 Å². The van der Waals surface area contributed by atoms with Gasteiger partial charge in [-0.2, -0.15) is 0 Å². The quantitative estimate of drug-likeness (QED) is 0.554. The van der Waals surface area contributed by atoms with Crippen LogP contribution in [0.15, 0.2) is 12.2 Å². The van der Waals surface area contributed by atoms with E-state index in [2.05, 4.69) is 40.4 Å². The minimum absolute atomic E-state index is 0.0332. The number of fused-ring (bicyclic) bond motifs is 1. The Kier molecular flexibility index (Phi) is 3.63. The van der Waals surface area contributed by atoms with Gasteiger partial charge < -0.3 is 4.43 Å². The van der Waals surface area contributed by atoms with Crippen LogP contribution in [0.2, 0.25) is 18.1 Å². The summed E-state index contributed by atoms with van der Waals surface area (Å²) in [5.74, 6) is 0.745. The van der Waals surface area contributed by atoms with Crippen molar-refractivity contribution in [2.45, 2.75) is 83.0 Å². The van der Waals surface area contributed by atoms with E-state index in [4.69, 9.17) is 4.43 Å². The molecule has 3 nitrogen and oxygen atoms in total. The highest BCUT2D eigenvalue weighted by Crippen LogP contribution is 2.63. The zero-order valence-corrected chi connectivity index (χ0v) is 16.3. The van der Waals surface area contributed by atoms with Crippen LogP contribution >= 0.6 is 0 Å². The van der Waals surface area contributed by atoms with Crippen LogP contribution in [-0.2, 0) is 14.0 Å². The van der Waals surface area contributed by atoms with E-state index in [1.54, 1.807) is 0 Å². The number of rotatable bonds is 2. The van der Waals surface area contributed by atoms with Crippen LogP contribution in [0.5, 0.6) is 0 Å². The van der Waals surface area contributed by atoms with E-state index < -0.39 is 13.9 Å². The van der Waals surface area contributed by atoms with Crippen molar-refractivity contribution in [3.05, 3.63) is 12.2 Å². The van der Waals surface area contributed by atoms with Crippen molar-refractivity contribution in [1.82, 2.24) is 0 Å². The molecule has 0 radical (unpaired) electrons. The zero-order valence-electron chi connectivity index (χ0n) is 15.3. The average molecular weight is 335 g/mol. The molecule has 3 fully saturated rings. The van der Waals surface area contributed by atoms with Gasteiger partial charge in [0.15, 0.2) is 14.1 Å². The number of carbonyl (C=O) groups excluding carboxylic acids is 2. The molecular weight excluding hydrogens is 304 g/mol. The van der Waals surface area contributed by atoms with Gasteiger partial charge >= 0.3 is 0 Å². The maximum absolute atomic E-state index is 13.1. The van der Waals surface area contributed by atoms with Crippen molar-refractivity contribution in [3.63, 3.8) is 0 Å². The Bertz CT molecular complexity index is 586. The third-order valence-corrected chi connectivity index (χ3v) is 11.5. The molecular formula is C19H30O3Si. The maximum Gasteiger partial charge on any atom is 0.193 e. The van der Waals surface area contributed by atoms with E-state index in [1.165, 1.54) is 0 Å². The first kappa shape index (κ1) is 17.1. The summed E-state index contributed by atoms with van der Waals surface area (Å²) in [6.45, 7) is 15.2. The lowest BCUT2D eigenvalue weighted by molar-refractivity contribution is -0.149. The molecule has 1 spiro atoms. The highest BCUT2D eigenvalue weighted by Gasteiger charge is 2.67. The van der Waals surface area contributed by atoms with Gasteiger partial charge in [-0.3, -0.25) is 9.59 Å². The first-order chi connectivity index (χ1) is 10.4. The lowest BCUT2D eigenvalue weighted by Crippen LogP contribution is -2.57. The van der Waals surface area contributed by atoms with Crippen molar-refractivity contribution in [1.29, 1.82) is 0 Å². The molecule has 2 bridgehead atoms. The van der Waals surface area contributed by atoms with Gasteiger partial charge in [0.2, 0.25) is 0 Å². The molecule has 1 unspecified atom stereocenters. The fourth-order valence-corrected chi connectivity index (χ4v) is 6.15. The van der Waals surface area contributed by atoms with Crippen molar-refractivity contribution < 1.29 is 14.0 Å². The molecule has 0 aromatic carbocycles. The first-order valence-corrected chi connectivity index (χ1v) is 11.8. The zero-order chi connectivity index (χ0) is 17.3. The Morgan fingerprint density at radius 2 is 1.87 bits per heavy atom. The predicted molar refractivity (Wildman–Crippen MR) is 93.8 cm³/mol. The Morgan fingerprint density at radius 1 is 1.22 bits per heavy atom. The number of hydrogen-bond donors (Lipinski definition) is 0. The van der Waals surface area contributed by atoms with Crippen LogP contribution in [0, 0.1) is 11.3 Å². The van der Waals surface area contributed by atoms with Gasteiger partial charge in [-0.05, 0) is 55.3 Å². The average Bonchev–Trinajstić information content (AvgIpc) is 2.65. The van der Waals surface area contributed by atoms with E-state index in [-0.39, 0.29) is 22.2 Å². The molecule has 3 aliphatic rings. The highest BCUT2D eigenvalue weighted by molar-refractivity contribution is 6.74. The van der Waals surface area contributed by atoms with Crippen LogP contribution in [0.3, 0.4) is 0 Å². The summed E-state index contributed by atoms with van der Waals surface area (Å²) in [6, 6.07) is 0. The smallest absolute Gasteiger partial charge is 0.193 e. The van der Waals surface area contributed by atoms with Gasteiger partial charge in [-0.15, -0.1) is 0 Å². The summed E-state index contributed by atoms with van der Waals surface area (Å²) in [6.07, 6.45) is 4.32. The standard InChI is InChI=1S/C19H30O3Si/c1-13-11-18-12-19(13,22-23(5,6)17(2,3)4)16(21)10-14(18)8-7-9-15(18)20/h14H,1,7-12H2,2-6H3/t14?,18-,19-/m0/s1. The van der Waals surface area contributed by atoms with E-state index >= 15 is 0 Å². The monoisotopic (exact) mass is 334 g/mol. The molecule has 3 atom stereocenters. The van der Waals surface area contributed by atoms with Gasteiger partial charge in [0.25, 0.3) is 0 Å². The second-order valence-electron chi connectivity index (χ2n) is 9.44. The van der Waals surface area contributed by atoms with E-state index in [0.717, 1.165) is 18.4 Å². The molecule has 0 saturated heterocycles. The van der Waals surface area contributed by atoms with Gasteiger partial charge in [-0.25, -0.2) is 0 Å². The SMILES string of the molecule is C=C1C[C@]23C[C@@]1(O[Si](C)(C)C(C)(C)C)C(=O)CC2CCCC3=O. The van der Waals surface area contributed by atoms with Crippen LogP contribution < -0.4 is 0 Å². The lowest BCUT2D eigenvalue weighted by atomic mass is 9.59. The summed E-state index contributed by atoms with van der Waals surface area (Å²) in [4.78, 5) is 25.8. The topological polar surface area (TPSA) is 43.4 Å². The van der Waals surface area contributed by atoms with Gasteiger partial charge in [-0.1, -0.05) is 27.4 Å². The van der Waals surface area contributed by atoms with Crippen molar-refractivity contribution in [2.75, 3.05) is 0 Å². The van der Waals surface area contributed by atoms with Gasteiger partial charge in [0.1, 0.15) is 11.4 Å². The third kappa shape index (κ3) is 2.24. The van der Waals surface area contributed by atoms with Crippen LogP contribution in [0.1, 0.15) is 59.3 Å². The van der Waals surface area contributed by atoms with Crippen LogP contribution in [0.4, 0.5) is 0 Å². The largest absolute Gasteiger partial charge is 0.401 e. The highest BCUT2D eigenvalue weighted by atomic mass is 28.4. The summed E-state index contributed by atoms with van der Waals surface area (Å²) in [5.41, 5.74) is -0.372. The third-order valence-electron chi connectivity index (χ3n) is 7.08. The number of Topliss-reactive ketones (excluding diaryl/α,β-unsaturated/α-hetero) is 2. The molecule has 0 aromatic rings. The molecule has 128 valence electrons. The second-order valence-corrected chi connectivity index (χ2v) is 14.2. The number of ketones is 2. The molecule has 3 aliphatic carbocycles. The normalized spacial score (nSPS) is 38.0. The molecule has 0 aromatic heterocycles. The number of hydrogen-bond acceptors (Lipinski definition) is 3. The molecule has 0 aliphatic heterocycles. The molecule has 0 heterocycles. The Morgan fingerprint density at radius 3 is 2.48 bits per heavy atom. The fourth-order valence-electron chi connectivity index (χ4n) is 4.64. The molecule has 4 heteroatoms. The maximum atomic E-state index is 13.1. The summed E-state index contributed by atoms with van der Waals surface area (Å²) < 4.78 is 6.68. The van der Waals surface area contributed by atoms with Crippen LogP contribution in [0.25, 0.3) is 0 Å². The number of carbonyl (C=O) groups is 2. The first-order valence-electron chi connectivity index (χ1n) is 8.90. The van der Waals surface area contributed by atoms with E-state index in [1.807, 2.05) is 0 Å². The molecule has 23 heavy (non-hydrogen) atoms. The fraction of sp³-hybridized carbons (Fsp3) is 0.789. The molecule has 0 N–H and O–H groups in total. The van der Waals surface area contributed by atoms with E-state index in [0.29, 0.717) is 31.5 Å². The van der Waals surface area contributed by atoms with Crippen molar-refractivity contribution >= 4 is 19.9 Å². The van der Waals surface area contributed by atoms with Gasteiger partial charge in [0, 0.05) is 18.3 Å². The lowest BCUT2D eigenvalue weighted by Gasteiger charge is -2.49. The molecule has 3 rings (SSSR count). The second kappa shape index (κ2) is 4.88. The summed E-state index contributed by atoms with van der Waals surface area (Å²) in [5, 5.41) is 0.0332. The Labute approximate surface area is 141 Å².